The third-order valence-electron chi connectivity index (χ3n) is 7.72. The minimum absolute atomic E-state index is 0.0933. The van der Waals surface area contributed by atoms with Crippen LogP contribution in [0.3, 0.4) is 0 Å². The number of aromatic nitrogens is 1. The van der Waals surface area contributed by atoms with Crippen LogP contribution in [-0.2, 0) is 17.6 Å². The van der Waals surface area contributed by atoms with Gasteiger partial charge in [0.15, 0.2) is 5.75 Å². The number of hydrogen-bond donors (Lipinski definition) is 3. The average Bonchev–Trinajstić information content (AvgIpc) is 3.39. The zero-order valence-electron chi connectivity index (χ0n) is 19.8. The molecule has 2 fully saturated rings. The van der Waals surface area contributed by atoms with Gasteiger partial charge in [-0.25, -0.2) is 4.79 Å². The first-order chi connectivity index (χ1) is 17.5. The van der Waals surface area contributed by atoms with Crippen LogP contribution in [0.2, 0.25) is 0 Å². The Kier molecular flexibility index (Phi) is 6.10. The largest absolute Gasteiger partial charge is 0.486 e. The van der Waals surface area contributed by atoms with Crippen LogP contribution in [0.4, 0.5) is 13.2 Å². The Hall–Kier alpha value is -3.66. The van der Waals surface area contributed by atoms with Gasteiger partial charge in [-0.15, -0.1) is 0 Å². The number of ether oxygens (including phenoxy) is 1. The maximum Gasteiger partial charge on any atom is 0.416 e. The third kappa shape index (κ3) is 4.73. The molecule has 1 atom stereocenters. The topological polar surface area (TPSA) is 115 Å². The molecular formula is C27H26F3N3O4. The predicted octanol–water partition coefficient (Wildman–Crippen LogP) is 4.68. The highest BCUT2D eigenvalue weighted by Gasteiger charge is 2.58. The van der Waals surface area contributed by atoms with Crippen LogP contribution in [0.15, 0.2) is 54.7 Å². The number of carbonyl (C=O) groups excluding carboxylic acids is 1. The van der Waals surface area contributed by atoms with Gasteiger partial charge >= 0.3 is 12.1 Å². The van der Waals surface area contributed by atoms with E-state index in [0.717, 1.165) is 12.1 Å². The number of fused-ring (bicyclic) bond motifs is 3. The van der Waals surface area contributed by atoms with Crippen LogP contribution in [-0.4, -0.2) is 33.5 Å². The quantitative estimate of drug-likeness (QED) is 0.423. The lowest BCUT2D eigenvalue weighted by Gasteiger charge is -2.33. The van der Waals surface area contributed by atoms with Crippen molar-refractivity contribution in [3.8, 4) is 5.75 Å². The average molecular weight is 514 g/mol. The number of nitrogens with two attached hydrogens (primary N) is 1. The Morgan fingerprint density at radius 2 is 1.78 bits per heavy atom. The molecule has 0 radical (unpaired) electrons. The summed E-state index contributed by atoms with van der Waals surface area (Å²) in [4.78, 5) is 30.1. The molecule has 37 heavy (non-hydrogen) atoms. The Bertz CT molecular complexity index is 1350. The number of halogens is 3. The number of carboxylic acids is 1. The van der Waals surface area contributed by atoms with E-state index in [1.165, 1.54) is 24.4 Å². The molecule has 3 aromatic rings. The highest BCUT2D eigenvalue weighted by Crippen LogP contribution is 2.57. The van der Waals surface area contributed by atoms with Crippen LogP contribution >= 0.6 is 0 Å². The monoisotopic (exact) mass is 513 g/mol. The van der Waals surface area contributed by atoms with Gasteiger partial charge in [0.2, 0.25) is 0 Å². The lowest BCUT2D eigenvalue weighted by Crippen LogP contribution is -2.51. The van der Waals surface area contributed by atoms with Crippen LogP contribution in [0, 0.1) is 5.41 Å². The minimum atomic E-state index is -4.45. The van der Waals surface area contributed by atoms with Gasteiger partial charge in [0.25, 0.3) is 5.91 Å². The number of nitrogens with one attached hydrogen (secondary N) is 1. The molecule has 1 heterocycles. The zero-order valence-corrected chi connectivity index (χ0v) is 19.8. The number of alkyl halides is 3. The summed E-state index contributed by atoms with van der Waals surface area (Å²) in [6.07, 6.45) is 0.295. The Labute approximate surface area is 210 Å². The molecule has 1 amide bonds. The number of amides is 1. The Balaban J connectivity index is 1.43. The normalized spacial score (nSPS) is 23.7. The van der Waals surface area contributed by atoms with E-state index in [9.17, 15) is 27.9 Å². The van der Waals surface area contributed by atoms with Crippen molar-refractivity contribution in [2.45, 2.75) is 56.5 Å². The second kappa shape index (κ2) is 9.02. The minimum Gasteiger partial charge on any atom is -0.486 e. The molecule has 2 bridgehead atoms. The molecule has 194 valence electrons. The molecule has 7 nitrogen and oxygen atoms in total. The van der Waals surface area contributed by atoms with Gasteiger partial charge < -0.3 is 20.9 Å². The van der Waals surface area contributed by atoms with Crippen molar-refractivity contribution in [3.05, 3.63) is 71.4 Å². The van der Waals surface area contributed by atoms with Gasteiger partial charge in [-0.3, -0.25) is 9.78 Å². The fraction of sp³-hybridized carbons (Fsp3) is 0.370. The number of hydrogen-bond acceptors (Lipinski definition) is 5. The highest BCUT2D eigenvalue weighted by atomic mass is 19.4. The molecule has 2 aromatic carbocycles. The molecule has 1 aromatic heterocycles. The molecule has 4 N–H and O–H groups in total. The van der Waals surface area contributed by atoms with Crippen molar-refractivity contribution in [1.82, 2.24) is 10.3 Å². The molecular weight excluding hydrogens is 487 g/mol. The summed E-state index contributed by atoms with van der Waals surface area (Å²) >= 11 is 0. The van der Waals surface area contributed by atoms with Crippen LogP contribution < -0.4 is 15.8 Å². The fourth-order valence-corrected chi connectivity index (χ4v) is 5.77. The lowest BCUT2D eigenvalue weighted by atomic mass is 9.77. The van der Waals surface area contributed by atoms with Crippen molar-refractivity contribution in [1.29, 1.82) is 0 Å². The predicted molar refractivity (Wildman–Crippen MR) is 129 cm³/mol. The van der Waals surface area contributed by atoms with E-state index >= 15 is 0 Å². The third-order valence-corrected chi connectivity index (χ3v) is 7.72. The molecule has 0 aliphatic heterocycles. The second-order valence-corrected chi connectivity index (χ2v) is 10.1. The summed E-state index contributed by atoms with van der Waals surface area (Å²) in [5.41, 5.74) is 5.56. The summed E-state index contributed by atoms with van der Waals surface area (Å²) in [5, 5.41) is 13.4. The zero-order chi connectivity index (χ0) is 26.4. The van der Waals surface area contributed by atoms with Gasteiger partial charge in [-0.05, 0) is 61.9 Å². The van der Waals surface area contributed by atoms with E-state index in [1.54, 1.807) is 18.2 Å². The van der Waals surface area contributed by atoms with E-state index in [1.807, 2.05) is 0 Å². The van der Waals surface area contributed by atoms with Crippen LogP contribution in [0.5, 0.6) is 5.75 Å². The van der Waals surface area contributed by atoms with E-state index in [0.29, 0.717) is 48.6 Å². The summed E-state index contributed by atoms with van der Waals surface area (Å²) in [5.74, 6) is -1.62. The van der Waals surface area contributed by atoms with E-state index in [2.05, 4.69) is 10.3 Å². The summed E-state index contributed by atoms with van der Waals surface area (Å²) in [6.45, 7) is -0.115. The number of carbonyl (C=O) groups is 2. The molecule has 2 aliphatic carbocycles. The highest BCUT2D eigenvalue weighted by molar-refractivity contribution is 6.04. The fourth-order valence-electron chi connectivity index (χ4n) is 5.77. The number of nitrogens with zero attached hydrogens (tertiary/aromatic N) is 1. The molecule has 0 spiro atoms. The Morgan fingerprint density at radius 1 is 1.08 bits per heavy atom. The number of pyridine rings is 1. The van der Waals surface area contributed by atoms with Gasteiger partial charge in [0.1, 0.15) is 18.2 Å². The second-order valence-electron chi connectivity index (χ2n) is 10.1. The van der Waals surface area contributed by atoms with Crippen molar-refractivity contribution < 1.29 is 32.6 Å². The van der Waals surface area contributed by atoms with Crippen molar-refractivity contribution in [3.63, 3.8) is 0 Å². The SMILES string of the molecule is NC12CCC([C@H](NC(=O)c3ccc4cccnc4c3OCc3ccc(C(F)(F)F)cc3)C(=O)O)(CC1)C2. The van der Waals surface area contributed by atoms with Crippen LogP contribution in [0.25, 0.3) is 10.9 Å². The number of carboxylic acid groups (broad SMARTS) is 1. The summed E-state index contributed by atoms with van der Waals surface area (Å²) in [6, 6.07) is 10.2. The number of aliphatic carboxylic acids is 1. The van der Waals surface area contributed by atoms with E-state index < -0.39 is 35.1 Å². The van der Waals surface area contributed by atoms with Crippen molar-refractivity contribution in [2.75, 3.05) is 0 Å². The molecule has 2 aliphatic rings. The van der Waals surface area contributed by atoms with E-state index in [-0.39, 0.29) is 23.5 Å². The first-order valence-electron chi connectivity index (χ1n) is 12.0. The van der Waals surface area contributed by atoms with Gasteiger partial charge in [-0.2, -0.15) is 13.2 Å². The van der Waals surface area contributed by atoms with Gasteiger partial charge in [0, 0.05) is 22.5 Å². The maximum absolute atomic E-state index is 13.5. The lowest BCUT2D eigenvalue weighted by molar-refractivity contribution is -0.143. The molecule has 2 saturated carbocycles. The van der Waals surface area contributed by atoms with E-state index in [4.69, 9.17) is 10.5 Å². The summed E-state index contributed by atoms with van der Waals surface area (Å²) < 4.78 is 44.7. The first kappa shape index (κ1) is 25.0. The van der Waals surface area contributed by atoms with Gasteiger partial charge in [-0.1, -0.05) is 24.3 Å². The standard InChI is InChI=1S/C27H26F3N3O4/c28-27(29,30)18-6-3-16(4-7-18)14-37-21-19(8-5-17-2-1-13-32-20(17)21)23(34)33-22(24(35)36)25-9-11-26(31,15-25)12-10-25/h1-8,13,22H,9-12,14-15,31H2,(H,33,34)(H,35,36)/t22-,25?,26?/m1/s1. The van der Waals surface area contributed by atoms with Gasteiger partial charge in [0.05, 0.1) is 11.1 Å². The Morgan fingerprint density at radius 3 is 2.38 bits per heavy atom. The van der Waals surface area contributed by atoms with Crippen LogP contribution in [0.1, 0.15) is 53.6 Å². The maximum atomic E-state index is 13.5. The molecule has 0 unspecified atom stereocenters. The summed E-state index contributed by atoms with van der Waals surface area (Å²) in [7, 11) is 0. The van der Waals surface area contributed by atoms with Crippen molar-refractivity contribution >= 4 is 22.8 Å². The molecule has 10 heteroatoms. The molecule has 0 saturated heterocycles. The first-order valence-corrected chi connectivity index (χ1v) is 12.0. The number of benzene rings is 2. The smallest absolute Gasteiger partial charge is 0.416 e. The number of rotatable bonds is 7. The van der Waals surface area contributed by atoms with Crippen molar-refractivity contribution in [2.24, 2.45) is 11.1 Å². The molecule has 5 rings (SSSR count).